The number of carbonyl (C=O) groups excluding carboxylic acids is 2. The lowest BCUT2D eigenvalue weighted by atomic mass is 9.47. The first-order valence-corrected chi connectivity index (χ1v) is 12.7. The summed E-state index contributed by atoms with van der Waals surface area (Å²) in [6.07, 6.45) is 10.3. The van der Waals surface area contributed by atoms with Crippen LogP contribution in [-0.4, -0.2) is 30.1 Å². The van der Waals surface area contributed by atoms with E-state index >= 15 is 4.39 Å². The molecule has 32 heavy (non-hydrogen) atoms. The van der Waals surface area contributed by atoms with Gasteiger partial charge in [0.25, 0.3) is 0 Å². The fourth-order valence-electron chi connectivity index (χ4n) is 8.85. The number of allylic oxidation sites excluding steroid dienone is 4. The fraction of sp³-hybridized carbons (Fsp3) is 0.778. The van der Waals surface area contributed by atoms with Gasteiger partial charge in [-0.05, 0) is 99.7 Å². The molecule has 0 aromatic rings. The lowest BCUT2D eigenvalue weighted by molar-refractivity contribution is -0.252. The average Bonchev–Trinajstić information content (AvgIpc) is 3.52. The van der Waals surface area contributed by atoms with Crippen LogP contribution in [0.25, 0.3) is 0 Å². The van der Waals surface area contributed by atoms with Crippen molar-refractivity contribution in [2.75, 3.05) is 6.61 Å². The van der Waals surface area contributed by atoms with Gasteiger partial charge in [-0.3, -0.25) is 9.59 Å². The van der Waals surface area contributed by atoms with E-state index in [1.165, 1.54) is 0 Å². The van der Waals surface area contributed by atoms with Gasteiger partial charge in [-0.25, -0.2) is 4.39 Å². The Morgan fingerprint density at radius 3 is 2.62 bits per heavy atom. The van der Waals surface area contributed by atoms with E-state index in [-0.39, 0.29) is 58.2 Å². The normalized spacial score (nSPS) is 51.6. The first-order chi connectivity index (χ1) is 15.2. The Morgan fingerprint density at radius 2 is 1.91 bits per heavy atom. The molecule has 6 aliphatic rings. The van der Waals surface area contributed by atoms with Crippen molar-refractivity contribution in [2.45, 2.75) is 84.0 Å². The van der Waals surface area contributed by atoms with Crippen LogP contribution < -0.4 is 0 Å². The number of rotatable bonds is 3. The van der Waals surface area contributed by atoms with Crippen LogP contribution in [0.2, 0.25) is 0 Å². The molecule has 6 rings (SSSR count). The molecule has 0 aromatic heterocycles. The van der Waals surface area contributed by atoms with Crippen molar-refractivity contribution in [2.24, 2.45) is 40.4 Å². The minimum absolute atomic E-state index is 0.0856. The minimum Gasteiger partial charge on any atom is -0.353 e. The summed E-state index contributed by atoms with van der Waals surface area (Å²) in [5.41, 5.74) is -0.800. The molecule has 9 atom stereocenters. The van der Waals surface area contributed by atoms with Crippen LogP contribution in [-0.2, 0) is 19.1 Å². The molecule has 1 heterocycles. The standard InChI is InChI=1S/C27H35FO4/c1-15(29)27(32-24-6-4-5-11-31-24)10-8-18-16-13-22(28)21-14-23(30)17-12-20(17)26(21,3)19(16)7-9-25(18,27)2/h13-14,16-20,24H,4-12H2,1-3H3/t16-,17?,18-,19+,20?,24?,25-,26+,27-/m0/s1. The number of carbonyl (C=O) groups is 2. The predicted molar refractivity (Wildman–Crippen MR) is 117 cm³/mol. The van der Waals surface area contributed by atoms with Crippen molar-refractivity contribution in [1.82, 2.24) is 0 Å². The largest absolute Gasteiger partial charge is 0.353 e. The van der Waals surface area contributed by atoms with Crippen LogP contribution in [0.5, 0.6) is 0 Å². The Balaban J connectivity index is 1.38. The molecule has 0 N–H and O–H groups in total. The molecule has 4 fully saturated rings. The highest BCUT2D eigenvalue weighted by Gasteiger charge is 2.70. The van der Waals surface area contributed by atoms with Crippen LogP contribution in [0.3, 0.4) is 0 Å². The SMILES string of the molecule is CC(=O)[C@@]1(OC2CCCCO2)CC[C@H]2[C@@H]3C=C(F)C4=CC(=O)C5CC5[C@@]4(C)[C@@H]3CC[C@@]21C. The molecule has 5 heteroatoms. The lowest BCUT2D eigenvalue weighted by Gasteiger charge is -2.58. The number of ketones is 2. The molecular weight excluding hydrogens is 407 g/mol. The van der Waals surface area contributed by atoms with Crippen molar-refractivity contribution in [3.8, 4) is 0 Å². The summed E-state index contributed by atoms with van der Waals surface area (Å²) in [5, 5.41) is 0. The monoisotopic (exact) mass is 442 g/mol. The van der Waals surface area contributed by atoms with Gasteiger partial charge in [-0.1, -0.05) is 13.8 Å². The minimum atomic E-state index is -0.851. The molecule has 0 bridgehead atoms. The van der Waals surface area contributed by atoms with Crippen molar-refractivity contribution in [1.29, 1.82) is 0 Å². The second-order valence-electron chi connectivity index (χ2n) is 11.8. The molecule has 0 amide bonds. The first kappa shape index (κ1) is 21.2. The van der Waals surface area contributed by atoms with E-state index in [4.69, 9.17) is 9.47 Å². The zero-order valence-corrected chi connectivity index (χ0v) is 19.5. The van der Waals surface area contributed by atoms with Gasteiger partial charge in [0.2, 0.25) is 0 Å². The van der Waals surface area contributed by atoms with Crippen LogP contribution >= 0.6 is 0 Å². The molecule has 3 saturated carbocycles. The van der Waals surface area contributed by atoms with Gasteiger partial charge in [0.1, 0.15) is 11.4 Å². The maximum atomic E-state index is 15.5. The summed E-state index contributed by atoms with van der Waals surface area (Å²) >= 11 is 0. The summed E-state index contributed by atoms with van der Waals surface area (Å²) in [4.78, 5) is 25.6. The fourth-order valence-corrected chi connectivity index (χ4v) is 8.85. The maximum absolute atomic E-state index is 15.5. The molecule has 1 saturated heterocycles. The van der Waals surface area contributed by atoms with Gasteiger partial charge < -0.3 is 9.47 Å². The molecule has 5 aliphatic carbocycles. The van der Waals surface area contributed by atoms with Crippen LogP contribution in [0.1, 0.15) is 72.1 Å². The molecular formula is C27H35FO4. The second-order valence-corrected chi connectivity index (χ2v) is 11.8. The van der Waals surface area contributed by atoms with Gasteiger partial charge in [0.15, 0.2) is 17.9 Å². The second kappa shape index (κ2) is 6.85. The quantitative estimate of drug-likeness (QED) is 0.594. The van der Waals surface area contributed by atoms with Gasteiger partial charge in [0, 0.05) is 23.4 Å². The average molecular weight is 443 g/mol. The van der Waals surface area contributed by atoms with Gasteiger partial charge in [0.05, 0.1) is 0 Å². The van der Waals surface area contributed by atoms with E-state index in [0.29, 0.717) is 24.5 Å². The van der Waals surface area contributed by atoms with Crippen molar-refractivity contribution in [3.05, 3.63) is 23.6 Å². The Hall–Kier alpha value is -1.33. The van der Waals surface area contributed by atoms with Crippen LogP contribution in [0.4, 0.5) is 4.39 Å². The van der Waals surface area contributed by atoms with Gasteiger partial charge >= 0.3 is 0 Å². The Bertz CT molecular complexity index is 932. The van der Waals surface area contributed by atoms with Crippen LogP contribution in [0, 0.1) is 40.4 Å². The predicted octanol–water partition coefficient (Wildman–Crippen LogP) is 5.32. The van der Waals surface area contributed by atoms with E-state index in [2.05, 4.69) is 13.8 Å². The highest BCUT2D eigenvalue weighted by molar-refractivity contribution is 5.97. The smallest absolute Gasteiger partial charge is 0.162 e. The third-order valence-electron chi connectivity index (χ3n) is 10.7. The molecule has 1 aliphatic heterocycles. The highest BCUT2D eigenvalue weighted by atomic mass is 19.1. The molecule has 3 unspecified atom stereocenters. The first-order valence-electron chi connectivity index (χ1n) is 12.7. The summed E-state index contributed by atoms with van der Waals surface area (Å²) in [6, 6.07) is 0. The number of hydrogen-bond acceptors (Lipinski definition) is 4. The van der Waals surface area contributed by atoms with E-state index in [9.17, 15) is 9.59 Å². The third kappa shape index (κ3) is 2.56. The van der Waals surface area contributed by atoms with Gasteiger partial charge in [-0.2, -0.15) is 0 Å². The number of ether oxygens (including phenoxy) is 2. The zero-order valence-electron chi connectivity index (χ0n) is 19.5. The summed E-state index contributed by atoms with van der Waals surface area (Å²) in [5.74, 6) is 0.981. The molecule has 4 nitrogen and oxygen atoms in total. The summed E-state index contributed by atoms with van der Waals surface area (Å²) < 4.78 is 28.0. The lowest BCUT2D eigenvalue weighted by Crippen LogP contribution is -2.59. The highest BCUT2D eigenvalue weighted by Crippen LogP contribution is 2.72. The zero-order chi connectivity index (χ0) is 22.5. The number of halogens is 1. The molecule has 0 aromatic carbocycles. The molecule has 0 spiro atoms. The Kier molecular flexibility index (Phi) is 4.54. The third-order valence-corrected chi connectivity index (χ3v) is 10.7. The van der Waals surface area contributed by atoms with Crippen molar-refractivity contribution >= 4 is 11.6 Å². The van der Waals surface area contributed by atoms with Gasteiger partial charge in [-0.15, -0.1) is 0 Å². The number of hydrogen-bond donors (Lipinski definition) is 0. The summed E-state index contributed by atoms with van der Waals surface area (Å²) in [6.45, 7) is 6.78. The van der Waals surface area contributed by atoms with E-state index < -0.39 is 5.60 Å². The van der Waals surface area contributed by atoms with E-state index in [0.717, 1.165) is 44.9 Å². The van der Waals surface area contributed by atoms with Crippen molar-refractivity contribution < 1.29 is 23.5 Å². The van der Waals surface area contributed by atoms with E-state index in [1.54, 1.807) is 13.0 Å². The topological polar surface area (TPSA) is 52.6 Å². The van der Waals surface area contributed by atoms with E-state index in [1.807, 2.05) is 6.08 Å². The molecule has 174 valence electrons. The van der Waals surface area contributed by atoms with Crippen molar-refractivity contribution in [3.63, 3.8) is 0 Å². The maximum Gasteiger partial charge on any atom is 0.162 e. The van der Waals surface area contributed by atoms with Crippen LogP contribution in [0.15, 0.2) is 23.6 Å². The number of Topliss-reactive ketones (excluding diaryl/α,β-unsaturated/α-hetero) is 1. The Labute approximate surface area is 190 Å². The molecule has 0 radical (unpaired) electrons. The summed E-state index contributed by atoms with van der Waals surface area (Å²) in [7, 11) is 0. The Morgan fingerprint density at radius 1 is 1.12 bits per heavy atom. The number of fused-ring (bicyclic) bond motifs is 7.